The summed E-state index contributed by atoms with van der Waals surface area (Å²) in [6, 6.07) is 4.36. The van der Waals surface area contributed by atoms with E-state index in [0.29, 0.717) is 16.6 Å². The number of carbonyl (C=O) groups is 1. The zero-order valence-corrected chi connectivity index (χ0v) is 12.8. The molecule has 2 rings (SSSR count). The van der Waals surface area contributed by atoms with Crippen molar-refractivity contribution in [3.05, 3.63) is 33.9 Å². The Kier molecular flexibility index (Phi) is 5.04. The van der Waals surface area contributed by atoms with Crippen molar-refractivity contribution >= 4 is 29.0 Å². The van der Waals surface area contributed by atoms with Crippen molar-refractivity contribution in [3.63, 3.8) is 0 Å². The van der Waals surface area contributed by atoms with Crippen molar-refractivity contribution in [1.82, 2.24) is 20.2 Å². The van der Waals surface area contributed by atoms with Crippen molar-refractivity contribution in [3.8, 4) is 0 Å². The van der Waals surface area contributed by atoms with Gasteiger partial charge in [-0.1, -0.05) is 17.8 Å². The third kappa shape index (κ3) is 4.01. The Labute approximate surface area is 130 Å². The molecule has 0 radical (unpaired) electrons. The largest absolute Gasteiger partial charge is 0.326 e. The predicted octanol–water partition coefficient (Wildman–Crippen LogP) is 1.55. The molecule has 0 fully saturated rings. The zero-order chi connectivity index (χ0) is 16.1. The van der Waals surface area contributed by atoms with Crippen LogP contribution < -0.4 is 5.32 Å². The average Bonchev–Trinajstić information content (AvgIpc) is 2.86. The number of non-ortho nitro benzene ring substituents is 1. The van der Waals surface area contributed by atoms with Crippen LogP contribution in [-0.2, 0) is 11.8 Å². The van der Waals surface area contributed by atoms with Gasteiger partial charge in [-0.2, -0.15) is 0 Å². The van der Waals surface area contributed by atoms with Gasteiger partial charge in [0.25, 0.3) is 5.69 Å². The monoisotopic (exact) mass is 322 g/mol. The SMILES string of the molecule is Cc1ccc([N+](=O)[O-])cc1NC(=O)CCSc1nnnn1C. The highest BCUT2D eigenvalue weighted by Gasteiger charge is 2.11. The lowest BCUT2D eigenvalue weighted by Crippen LogP contribution is -2.13. The summed E-state index contributed by atoms with van der Waals surface area (Å²) >= 11 is 1.36. The molecular formula is C12H14N6O3S. The van der Waals surface area contributed by atoms with Crippen LogP contribution in [0, 0.1) is 17.0 Å². The third-order valence-corrected chi connectivity index (χ3v) is 3.86. The van der Waals surface area contributed by atoms with E-state index in [-0.39, 0.29) is 18.0 Å². The number of rotatable bonds is 6. The van der Waals surface area contributed by atoms with Crippen LogP contribution in [0.1, 0.15) is 12.0 Å². The molecule has 2 aromatic rings. The van der Waals surface area contributed by atoms with Gasteiger partial charge >= 0.3 is 0 Å². The van der Waals surface area contributed by atoms with Gasteiger partial charge < -0.3 is 5.32 Å². The first kappa shape index (κ1) is 15.9. The Balaban J connectivity index is 1.90. The number of nitrogens with one attached hydrogen (secondary N) is 1. The normalized spacial score (nSPS) is 10.5. The van der Waals surface area contributed by atoms with Crippen LogP contribution in [0.25, 0.3) is 0 Å². The average molecular weight is 322 g/mol. The minimum Gasteiger partial charge on any atom is -0.326 e. The maximum atomic E-state index is 11.9. The van der Waals surface area contributed by atoms with Crippen molar-refractivity contribution in [1.29, 1.82) is 0 Å². The lowest BCUT2D eigenvalue weighted by molar-refractivity contribution is -0.384. The fourth-order valence-corrected chi connectivity index (χ4v) is 2.44. The van der Waals surface area contributed by atoms with Crippen LogP contribution in [0.15, 0.2) is 23.4 Å². The summed E-state index contributed by atoms with van der Waals surface area (Å²) in [5.74, 6) is 0.291. The van der Waals surface area contributed by atoms with Crippen molar-refractivity contribution in [2.24, 2.45) is 7.05 Å². The zero-order valence-electron chi connectivity index (χ0n) is 12.0. The summed E-state index contributed by atoms with van der Waals surface area (Å²) in [5, 5.41) is 25.1. The standard InChI is InChI=1S/C12H14N6O3S/c1-8-3-4-9(18(20)21)7-10(8)13-11(19)5-6-22-12-14-15-16-17(12)2/h3-4,7H,5-6H2,1-2H3,(H,13,19). The van der Waals surface area contributed by atoms with E-state index in [1.165, 1.54) is 28.6 Å². The molecule has 22 heavy (non-hydrogen) atoms. The molecule has 1 heterocycles. The molecule has 1 N–H and O–H groups in total. The molecule has 9 nitrogen and oxygen atoms in total. The number of benzene rings is 1. The minimum absolute atomic E-state index is 0.0552. The second kappa shape index (κ2) is 6.98. The quantitative estimate of drug-likeness (QED) is 0.487. The van der Waals surface area contributed by atoms with E-state index < -0.39 is 4.92 Å². The highest BCUT2D eigenvalue weighted by Crippen LogP contribution is 2.22. The van der Waals surface area contributed by atoms with E-state index in [4.69, 9.17) is 0 Å². The van der Waals surface area contributed by atoms with Crippen LogP contribution in [0.3, 0.4) is 0 Å². The van der Waals surface area contributed by atoms with Gasteiger partial charge in [-0.3, -0.25) is 14.9 Å². The van der Waals surface area contributed by atoms with Gasteiger partial charge in [0.1, 0.15) is 0 Å². The molecule has 0 saturated heterocycles. The number of aromatic nitrogens is 4. The Hall–Kier alpha value is -2.49. The van der Waals surface area contributed by atoms with Gasteiger partial charge in [0.2, 0.25) is 11.1 Å². The van der Waals surface area contributed by atoms with Crippen LogP contribution >= 0.6 is 11.8 Å². The number of nitro benzene ring substituents is 1. The molecule has 0 bridgehead atoms. The van der Waals surface area contributed by atoms with Gasteiger partial charge in [0, 0.05) is 31.4 Å². The number of thioether (sulfide) groups is 1. The fraction of sp³-hybridized carbons (Fsp3) is 0.333. The van der Waals surface area contributed by atoms with Crippen LogP contribution in [0.5, 0.6) is 0 Å². The number of tetrazole rings is 1. The molecule has 0 unspecified atom stereocenters. The Morgan fingerprint density at radius 1 is 1.50 bits per heavy atom. The summed E-state index contributed by atoms with van der Waals surface area (Å²) in [6.07, 6.45) is 0.250. The maximum absolute atomic E-state index is 11.9. The minimum atomic E-state index is -0.494. The van der Waals surface area contributed by atoms with Crippen LogP contribution in [0.2, 0.25) is 0 Å². The van der Waals surface area contributed by atoms with Crippen LogP contribution in [-0.4, -0.2) is 36.8 Å². The summed E-state index contributed by atoms with van der Waals surface area (Å²) in [7, 11) is 1.72. The van der Waals surface area contributed by atoms with E-state index in [9.17, 15) is 14.9 Å². The summed E-state index contributed by atoms with van der Waals surface area (Å²) in [6.45, 7) is 1.78. The molecule has 116 valence electrons. The first-order valence-corrected chi connectivity index (χ1v) is 7.36. The molecule has 1 aromatic heterocycles. The van der Waals surface area contributed by atoms with Crippen LogP contribution in [0.4, 0.5) is 11.4 Å². The molecule has 0 aliphatic heterocycles. The third-order valence-electron chi connectivity index (χ3n) is 2.85. The number of anilines is 1. The number of amides is 1. The molecule has 1 aromatic carbocycles. The molecule has 0 aliphatic rings. The smallest absolute Gasteiger partial charge is 0.271 e. The molecule has 1 amide bonds. The second-order valence-electron chi connectivity index (χ2n) is 4.49. The Bertz CT molecular complexity index is 702. The molecule has 0 saturated carbocycles. The fourth-order valence-electron chi connectivity index (χ4n) is 1.65. The summed E-state index contributed by atoms with van der Waals surface area (Å²) in [5.41, 5.74) is 1.16. The Morgan fingerprint density at radius 2 is 2.27 bits per heavy atom. The van der Waals surface area contributed by atoms with E-state index >= 15 is 0 Å². The second-order valence-corrected chi connectivity index (χ2v) is 5.55. The molecular weight excluding hydrogens is 308 g/mol. The first-order valence-electron chi connectivity index (χ1n) is 6.37. The summed E-state index contributed by atoms with van der Waals surface area (Å²) < 4.78 is 1.52. The number of aryl methyl sites for hydroxylation is 2. The lowest BCUT2D eigenvalue weighted by atomic mass is 10.2. The van der Waals surface area contributed by atoms with Gasteiger partial charge in [0.05, 0.1) is 10.6 Å². The number of carbonyl (C=O) groups excluding carboxylic acids is 1. The number of nitro groups is 1. The molecule has 0 aliphatic carbocycles. The van der Waals surface area contributed by atoms with Gasteiger partial charge in [-0.05, 0) is 22.9 Å². The maximum Gasteiger partial charge on any atom is 0.271 e. The van der Waals surface area contributed by atoms with Gasteiger partial charge in [-0.25, -0.2) is 4.68 Å². The number of nitrogens with zero attached hydrogens (tertiary/aromatic N) is 5. The molecule has 10 heteroatoms. The van der Waals surface area contributed by atoms with Crippen molar-refractivity contribution in [2.75, 3.05) is 11.1 Å². The Morgan fingerprint density at radius 3 is 2.91 bits per heavy atom. The molecule has 0 atom stereocenters. The van der Waals surface area contributed by atoms with E-state index in [0.717, 1.165) is 5.56 Å². The highest BCUT2D eigenvalue weighted by molar-refractivity contribution is 7.99. The van der Waals surface area contributed by atoms with E-state index in [1.54, 1.807) is 20.0 Å². The topological polar surface area (TPSA) is 116 Å². The van der Waals surface area contributed by atoms with E-state index in [1.807, 2.05) is 0 Å². The van der Waals surface area contributed by atoms with Crippen molar-refractivity contribution in [2.45, 2.75) is 18.5 Å². The highest BCUT2D eigenvalue weighted by atomic mass is 32.2. The summed E-state index contributed by atoms with van der Waals surface area (Å²) in [4.78, 5) is 22.2. The van der Waals surface area contributed by atoms with Gasteiger partial charge in [-0.15, -0.1) is 5.10 Å². The number of hydrogen-bond donors (Lipinski definition) is 1. The van der Waals surface area contributed by atoms with E-state index in [2.05, 4.69) is 20.8 Å². The lowest BCUT2D eigenvalue weighted by Gasteiger charge is -2.08. The predicted molar refractivity (Wildman–Crippen MR) is 80.6 cm³/mol. The van der Waals surface area contributed by atoms with Crippen molar-refractivity contribution < 1.29 is 9.72 Å². The first-order chi connectivity index (χ1) is 10.5. The number of hydrogen-bond acceptors (Lipinski definition) is 7. The molecule has 0 spiro atoms. The van der Waals surface area contributed by atoms with Gasteiger partial charge in [0.15, 0.2) is 0 Å².